The molecule has 0 saturated carbocycles. The van der Waals surface area contributed by atoms with Crippen LogP contribution in [0.4, 0.5) is 0 Å². The van der Waals surface area contributed by atoms with Crippen molar-refractivity contribution in [2.24, 2.45) is 0 Å². The van der Waals surface area contributed by atoms with Gasteiger partial charge in [0, 0.05) is 50.5 Å². The van der Waals surface area contributed by atoms with Crippen LogP contribution < -0.4 is 10.6 Å². The number of hydrogen-bond donors (Lipinski definition) is 3. The molecule has 0 radical (unpaired) electrons. The number of pyridine rings is 2. The first-order valence-corrected chi connectivity index (χ1v) is 13.6. The highest BCUT2D eigenvalue weighted by molar-refractivity contribution is 6.30. The molecule has 2 aliphatic rings. The van der Waals surface area contributed by atoms with Gasteiger partial charge in [0.2, 0.25) is 17.7 Å². The summed E-state index contributed by atoms with van der Waals surface area (Å²) in [5, 5.41) is 16.3. The van der Waals surface area contributed by atoms with E-state index in [0.29, 0.717) is 18.0 Å². The lowest BCUT2D eigenvalue weighted by Gasteiger charge is -2.44. The molecule has 0 bridgehead atoms. The molecule has 11 heteroatoms. The molecule has 10 nitrogen and oxygen atoms in total. The van der Waals surface area contributed by atoms with Gasteiger partial charge in [-0.05, 0) is 59.4 Å². The summed E-state index contributed by atoms with van der Waals surface area (Å²) in [7, 11) is 0. The van der Waals surface area contributed by atoms with Crippen LogP contribution in [0.25, 0.3) is 0 Å². The second-order valence-corrected chi connectivity index (χ2v) is 10.5. The molecule has 2 unspecified atom stereocenters. The number of nitrogens with zero attached hydrogens (tertiary/aromatic N) is 4. The Morgan fingerprint density at radius 1 is 1.07 bits per heavy atom. The molecule has 3 heterocycles. The fourth-order valence-corrected chi connectivity index (χ4v) is 5.67. The van der Waals surface area contributed by atoms with E-state index in [-0.39, 0.29) is 55.7 Å². The molecule has 1 fully saturated rings. The van der Waals surface area contributed by atoms with Crippen LogP contribution >= 0.6 is 11.6 Å². The van der Waals surface area contributed by atoms with Crippen molar-refractivity contribution in [3.63, 3.8) is 0 Å². The second kappa shape index (κ2) is 12.0. The van der Waals surface area contributed by atoms with E-state index in [9.17, 15) is 19.5 Å². The van der Waals surface area contributed by atoms with Gasteiger partial charge in [0.25, 0.3) is 0 Å². The number of fused-ring (bicyclic) bond motifs is 2. The monoisotopic (exact) mass is 562 g/mol. The van der Waals surface area contributed by atoms with Crippen LogP contribution in [0.5, 0.6) is 5.75 Å². The van der Waals surface area contributed by atoms with E-state index in [0.717, 1.165) is 34.4 Å². The Kier molecular flexibility index (Phi) is 8.27. The summed E-state index contributed by atoms with van der Waals surface area (Å²) in [5.74, 6) is -0.840. The van der Waals surface area contributed by atoms with Crippen molar-refractivity contribution in [2.75, 3.05) is 26.2 Å². The molecule has 3 amide bonds. The van der Waals surface area contributed by atoms with E-state index in [1.807, 2.05) is 24.3 Å². The summed E-state index contributed by atoms with van der Waals surface area (Å²) in [6, 6.07) is 10.1. The first-order valence-electron chi connectivity index (χ1n) is 13.2. The van der Waals surface area contributed by atoms with Crippen LogP contribution in [0.15, 0.2) is 55.0 Å². The Balaban J connectivity index is 1.47. The topological polar surface area (TPSA) is 128 Å². The van der Waals surface area contributed by atoms with Crippen LogP contribution in [0.3, 0.4) is 0 Å². The minimum atomic E-state index is -0.800. The molecule has 5 rings (SSSR count). The number of aryl methyl sites for hydroxylation is 2. The fourth-order valence-electron chi connectivity index (χ4n) is 5.47. The zero-order valence-electron chi connectivity index (χ0n) is 22.1. The molecular weight excluding hydrogens is 532 g/mol. The van der Waals surface area contributed by atoms with E-state index in [4.69, 9.17) is 11.6 Å². The molecule has 2 aromatic heterocycles. The maximum Gasteiger partial charge on any atom is 0.244 e. The van der Waals surface area contributed by atoms with Crippen LogP contribution in [0.2, 0.25) is 5.02 Å². The van der Waals surface area contributed by atoms with Crippen molar-refractivity contribution in [1.29, 1.82) is 0 Å². The zero-order chi connectivity index (χ0) is 28.2. The van der Waals surface area contributed by atoms with Crippen molar-refractivity contribution in [2.45, 2.75) is 38.4 Å². The quantitative estimate of drug-likeness (QED) is 0.419. The van der Waals surface area contributed by atoms with E-state index in [1.54, 1.807) is 24.5 Å². The summed E-state index contributed by atoms with van der Waals surface area (Å²) in [4.78, 5) is 50.7. The standard InChI is InChI=1S/C29H31ClN6O4/c1-18(37)32-16-26(39)36-10-9-35(17-25(36)29(40)34-14-19-3-2-8-31-13-19)28-24-7-6-22(30)11-20(24)4-5-21-12-23(38)15-33-27(21)28/h2-3,6-8,11-13,15,25,28,38H,4-5,9-10,14,16-17H2,1H3,(H,32,37)(H,34,40). The van der Waals surface area contributed by atoms with E-state index in [1.165, 1.54) is 18.0 Å². The Morgan fingerprint density at radius 3 is 2.67 bits per heavy atom. The van der Waals surface area contributed by atoms with Gasteiger partial charge in [-0.25, -0.2) is 0 Å². The van der Waals surface area contributed by atoms with Crippen molar-refractivity contribution in [3.05, 3.63) is 88.0 Å². The van der Waals surface area contributed by atoms with Gasteiger partial charge in [-0.15, -0.1) is 0 Å². The highest BCUT2D eigenvalue weighted by Gasteiger charge is 2.40. The molecule has 40 heavy (non-hydrogen) atoms. The number of rotatable bonds is 6. The fraction of sp³-hybridized carbons (Fsp3) is 0.345. The maximum absolute atomic E-state index is 13.6. The lowest BCUT2D eigenvalue weighted by molar-refractivity contribution is -0.144. The summed E-state index contributed by atoms with van der Waals surface area (Å²) in [6.07, 6.45) is 6.20. The molecule has 208 valence electrons. The van der Waals surface area contributed by atoms with Crippen LogP contribution in [0.1, 0.15) is 40.9 Å². The number of piperazine rings is 1. The highest BCUT2D eigenvalue weighted by Crippen LogP contribution is 2.38. The Morgan fingerprint density at radius 2 is 1.90 bits per heavy atom. The van der Waals surface area contributed by atoms with Crippen LogP contribution in [-0.4, -0.2) is 74.8 Å². The molecule has 1 saturated heterocycles. The number of hydrogen-bond acceptors (Lipinski definition) is 7. The van der Waals surface area contributed by atoms with Crippen LogP contribution in [-0.2, 0) is 33.8 Å². The first kappa shape index (κ1) is 27.5. The van der Waals surface area contributed by atoms with Crippen molar-refractivity contribution in [3.8, 4) is 5.75 Å². The number of nitrogens with one attached hydrogen (secondary N) is 2. The summed E-state index contributed by atoms with van der Waals surface area (Å²) in [5.41, 5.74) is 4.70. The molecule has 0 spiro atoms. The first-order chi connectivity index (χ1) is 19.3. The predicted octanol–water partition coefficient (Wildman–Crippen LogP) is 1.99. The third kappa shape index (κ3) is 6.08. The number of amides is 3. The van der Waals surface area contributed by atoms with E-state index >= 15 is 0 Å². The van der Waals surface area contributed by atoms with E-state index in [2.05, 4.69) is 25.5 Å². The average molecular weight is 563 g/mol. The van der Waals surface area contributed by atoms with Crippen molar-refractivity contribution in [1.82, 2.24) is 30.4 Å². The third-order valence-electron chi connectivity index (χ3n) is 7.39. The predicted molar refractivity (Wildman–Crippen MR) is 148 cm³/mol. The minimum Gasteiger partial charge on any atom is -0.506 e. The highest BCUT2D eigenvalue weighted by atomic mass is 35.5. The van der Waals surface area contributed by atoms with Crippen LogP contribution in [0, 0.1) is 0 Å². The van der Waals surface area contributed by atoms with Gasteiger partial charge >= 0.3 is 0 Å². The number of carbonyl (C=O) groups excluding carboxylic acids is 3. The number of halogens is 1. The summed E-state index contributed by atoms with van der Waals surface area (Å²) >= 11 is 6.36. The number of aromatic nitrogens is 2. The Hall–Kier alpha value is -4.02. The Bertz CT molecular complexity index is 1370. The lowest BCUT2D eigenvalue weighted by Crippen LogP contribution is -2.62. The van der Waals surface area contributed by atoms with Gasteiger partial charge in [0.05, 0.1) is 24.5 Å². The number of carbonyl (C=O) groups is 3. The van der Waals surface area contributed by atoms with Gasteiger partial charge in [-0.1, -0.05) is 23.7 Å². The number of benzene rings is 1. The maximum atomic E-state index is 13.6. The smallest absolute Gasteiger partial charge is 0.244 e. The Labute approximate surface area is 237 Å². The van der Waals surface area contributed by atoms with E-state index < -0.39 is 6.04 Å². The van der Waals surface area contributed by atoms with Gasteiger partial charge < -0.3 is 20.6 Å². The molecule has 1 aliphatic carbocycles. The summed E-state index contributed by atoms with van der Waals surface area (Å²) < 4.78 is 0. The minimum absolute atomic E-state index is 0.0996. The van der Waals surface area contributed by atoms with Gasteiger partial charge in [-0.3, -0.25) is 29.3 Å². The van der Waals surface area contributed by atoms with Gasteiger partial charge in [0.1, 0.15) is 11.8 Å². The van der Waals surface area contributed by atoms with Crippen molar-refractivity contribution < 1.29 is 19.5 Å². The average Bonchev–Trinajstić information content (AvgIpc) is 3.11. The van der Waals surface area contributed by atoms with Gasteiger partial charge in [-0.2, -0.15) is 0 Å². The SMILES string of the molecule is CC(=O)NCC(=O)N1CCN(C2c3ccc(Cl)cc3CCc3cc(O)cnc32)CC1C(=O)NCc1cccnc1. The second-order valence-electron chi connectivity index (χ2n) is 10.1. The normalized spacial score (nSPS) is 18.7. The molecule has 1 aliphatic heterocycles. The summed E-state index contributed by atoms with van der Waals surface area (Å²) in [6.45, 7) is 2.45. The largest absolute Gasteiger partial charge is 0.506 e. The van der Waals surface area contributed by atoms with Crippen molar-refractivity contribution >= 4 is 29.3 Å². The zero-order valence-corrected chi connectivity index (χ0v) is 22.9. The molecular formula is C29H31ClN6O4. The number of aromatic hydroxyl groups is 1. The molecule has 2 atom stereocenters. The third-order valence-corrected chi connectivity index (χ3v) is 7.62. The van der Waals surface area contributed by atoms with Gasteiger partial charge in [0.15, 0.2) is 0 Å². The lowest BCUT2D eigenvalue weighted by atomic mass is 9.95. The molecule has 3 N–H and O–H groups in total. The molecule has 3 aromatic rings. The molecule has 1 aromatic carbocycles.